The molecule has 1 saturated heterocycles. The van der Waals surface area contributed by atoms with E-state index in [-0.39, 0.29) is 18.3 Å². The molecule has 7 nitrogen and oxygen atoms in total. The minimum atomic E-state index is -0.160. The number of amides is 1. The van der Waals surface area contributed by atoms with Gasteiger partial charge in [-0.05, 0) is 55.0 Å². The summed E-state index contributed by atoms with van der Waals surface area (Å²) in [6.07, 6.45) is 1.64. The molecular weight excluding hydrogens is 444 g/mol. The fourth-order valence-corrected chi connectivity index (χ4v) is 4.55. The van der Waals surface area contributed by atoms with E-state index in [0.29, 0.717) is 49.7 Å². The number of hydrogen-bond donors (Lipinski definition) is 0. The summed E-state index contributed by atoms with van der Waals surface area (Å²) in [6.45, 7) is 6.39. The lowest BCUT2D eigenvalue weighted by Gasteiger charge is -2.27. The van der Waals surface area contributed by atoms with Gasteiger partial charge in [-0.25, -0.2) is 0 Å². The highest BCUT2D eigenvalue weighted by molar-refractivity contribution is 6.02. The van der Waals surface area contributed by atoms with E-state index in [1.54, 1.807) is 11.2 Å². The third-order valence-electron chi connectivity index (χ3n) is 6.50. The number of ketones is 1. The molecule has 35 heavy (non-hydrogen) atoms. The summed E-state index contributed by atoms with van der Waals surface area (Å²) >= 11 is 0. The van der Waals surface area contributed by atoms with Crippen LogP contribution < -0.4 is 4.74 Å². The van der Waals surface area contributed by atoms with E-state index in [9.17, 15) is 9.59 Å². The summed E-state index contributed by atoms with van der Waals surface area (Å²) < 4.78 is 18.9. The molecule has 180 valence electrons. The lowest BCUT2D eigenvalue weighted by atomic mass is 10.0. The van der Waals surface area contributed by atoms with Crippen LogP contribution in [0.2, 0.25) is 0 Å². The second-order valence-corrected chi connectivity index (χ2v) is 8.76. The van der Waals surface area contributed by atoms with E-state index in [1.807, 2.05) is 68.4 Å². The summed E-state index contributed by atoms with van der Waals surface area (Å²) in [6, 6.07) is 17.1. The molecule has 1 aliphatic heterocycles. The first-order valence-corrected chi connectivity index (χ1v) is 11.8. The Morgan fingerprint density at radius 1 is 0.943 bits per heavy atom. The molecule has 7 heteroatoms. The van der Waals surface area contributed by atoms with Gasteiger partial charge in [0.2, 0.25) is 5.78 Å². The molecule has 0 aliphatic carbocycles. The molecule has 0 spiro atoms. The molecule has 1 aliphatic rings. The van der Waals surface area contributed by atoms with Crippen molar-refractivity contribution in [2.24, 2.45) is 0 Å². The van der Waals surface area contributed by atoms with Gasteiger partial charge in [0.15, 0.2) is 6.61 Å². The Kier molecular flexibility index (Phi) is 6.42. The van der Waals surface area contributed by atoms with Crippen LogP contribution in [0.3, 0.4) is 0 Å². The van der Waals surface area contributed by atoms with Gasteiger partial charge in [-0.15, -0.1) is 0 Å². The van der Waals surface area contributed by atoms with E-state index in [0.717, 1.165) is 27.9 Å². The maximum atomic E-state index is 13.3. The number of ether oxygens (including phenoxy) is 2. The molecule has 3 heterocycles. The zero-order valence-electron chi connectivity index (χ0n) is 20.0. The van der Waals surface area contributed by atoms with Crippen molar-refractivity contribution in [1.82, 2.24) is 9.47 Å². The van der Waals surface area contributed by atoms with Gasteiger partial charge in [-0.3, -0.25) is 9.59 Å². The number of carbonyl (C=O) groups excluding carboxylic acids is 2. The van der Waals surface area contributed by atoms with E-state index >= 15 is 0 Å². The molecular formula is C28H28N2O5. The average molecular weight is 473 g/mol. The number of carbonyl (C=O) groups is 2. The molecule has 0 radical (unpaired) electrons. The highest BCUT2D eigenvalue weighted by atomic mass is 16.5. The minimum absolute atomic E-state index is 0.113. The Balaban J connectivity index is 1.39. The first-order valence-electron chi connectivity index (χ1n) is 11.8. The quantitative estimate of drug-likeness (QED) is 0.367. The maximum Gasteiger partial charge on any atom is 0.257 e. The van der Waals surface area contributed by atoms with Crippen LogP contribution in [0.1, 0.15) is 37.9 Å². The molecule has 1 fully saturated rings. The first-order chi connectivity index (χ1) is 17.0. The standard InChI is InChI=1S/C28H28N2O5/c1-19-14-24(20(2)30(19)17-23-8-5-11-34-23)26(31)18-35-27-16-22-7-4-3-6-21(22)15-25(27)28(32)29-9-12-33-13-10-29/h3-8,11,14-16H,9-10,12-13,17-18H2,1-2H3. The number of Topliss-reactive ketones (excluding diaryl/α,β-unsaturated/α-hetero) is 1. The number of nitrogens with zero attached hydrogens (tertiary/aromatic N) is 2. The first kappa shape index (κ1) is 22.9. The number of furan rings is 1. The third-order valence-corrected chi connectivity index (χ3v) is 6.50. The van der Waals surface area contributed by atoms with Crippen LogP contribution in [0.25, 0.3) is 10.8 Å². The van der Waals surface area contributed by atoms with Gasteiger partial charge in [0.1, 0.15) is 11.5 Å². The van der Waals surface area contributed by atoms with Crippen molar-refractivity contribution >= 4 is 22.5 Å². The maximum absolute atomic E-state index is 13.3. The normalized spacial score (nSPS) is 13.8. The highest BCUT2D eigenvalue weighted by Crippen LogP contribution is 2.28. The largest absolute Gasteiger partial charge is 0.485 e. The summed E-state index contributed by atoms with van der Waals surface area (Å²) in [5, 5.41) is 1.90. The van der Waals surface area contributed by atoms with Crippen LogP contribution >= 0.6 is 0 Å². The number of aryl methyl sites for hydroxylation is 1. The molecule has 0 saturated carbocycles. The molecule has 1 amide bonds. The molecule has 4 aromatic rings. The van der Waals surface area contributed by atoms with Crippen LogP contribution in [-0.2, 0) is 11.3 Å². The van der Waals surface area contributed by atoms with Crippen molar-refractivity contribution in [3.63, 3.8) is 0 Å². The zero-order valence-corrected chi connectivity index (χ0v) is 20.0. The van der Waals surface area contributed by atoms with Crippen molar-refractivity contribution in [2.75, 3.05) is 32.9 Å². The summed E-state index contributed by atoms with van der Waals surface area (Å²) in [5.41, 5.74) is 2.89. The zero-order chi connectivity index (χ0) is 24.4. The average Bonchev–Trinajstić information content (AvgIpc) is 3.50. The van der Waals surface area contributed by atoms with E-state index in [2.05, 4.69) is 4.57 Å². The molecule has 5 rings (SSSR count). The van der Waals surface area contributed by atoms with Crippen LogP contribution in [0, 0.1) is 13.8 Å². The second kappa shape index (κ2) is 9.80. The monoisotopic (exact) mass is 472 g/mol. The number of morpholine rings is 1. The SMILES string of the molecule is Cc1cc(C(=O)COc2cc3ccccc3cc2C(=O)N2CCOCC2)c(C)n1Cc1ccco1. The molecule has 0 unspecified atom stereocenters. The van der Waals surface area contributed by atoms with Gasteiger partial charge in [-0.2, -0.15) is 0 Å². The lowest BCUT2D eigenvalue weighted by Crippen LogP contribution is -2.40. The number of hydrogen-bond acceptors (Lipinski definition) is 5. The summed E-state index contributed by atoms with van der Waals surface area (Å²) in [7, 11) is 0. The Hall–Kier alpha value is -3.84. The molecule has 2 aromatic heterocycles. The molecule has 0 atom stereocenters. The summed E-state index contributed by atoms with van der Waals surface area (Å²) in [5.74, 6) is 0.988. The Morgan fingerprint density at radius 3 is 2.40 bits per heavy atom. The topological polar surface area (TPSA) is 73.9 Å². The second-order valence-electron chi connectivity index (χ2n) is 8.76. The van der Waals surface area contributed by atoms with Crippen LogP contribution in [0.15, 0.2) is 65.3 Å². The van der Waals surface area contributed by atoms with Gasteiger partial charge >= 0.3 is 0 Å². The van der Waals surface area contributed by atoms with E-state index in [4.69, 9.17) is 13.9 Å². The van der Waals surface area contributed by atoms with Crippen LogP contribution in [0.4, 0.5) is 0 Å². The lowest BCUT2D eigenvalue weighted by molar-refractivity contribution is 0.0300. The minimum Gasteiger partial charge on any atom is -0.485 e. The highest BCUT2D eigenvalue weighted by Gasteiger charge is 2.24. The predicted octanol–water partition coefficient (Wildman–Crippen LogP) is 4.63. The number of aromatic nitrogens is 1. The molecule has 0 N–H and O–H groups in total. The third kappa shape index (κ3) is 4.72. The van der Waals surface area contributed by atoms with Gasteiger partial charge in [0.05, 0.1) is 31.6 Å². The fourth-order valence-electron chi connectivity index (χ4n) is 4.55. The van der Waals surface area contributed by atoms with Crippen LogP contribution in [-0.4, -0.2) is 54.1 Å². The van der Waals surface area contributed by atoms with Gasteiger partial charge in [-0.1, -0.05) is 24.3 Å². The van der Waals surface area contributed by atoms with Gasteiger partial charge < -0.3 is 23.4 Å². The smallest absolute Gasteiger partial charge is 0.257 e. The summed E-state index contributed by atoms with van der Waals surface area (Å²) in [4.78, 5) is 28.3. The van der Waals surface area contributed by atoms with E-state index < -0.39 is 0 Å². The van der Waals surface area contributed by atoms with Crippen molar-refractivity contribution in [1.29, 1.82) is 0 Å². The molecule has 2 aromatic carbocycles. The van der Waals surface area contributed by atoms with Crippen molar-refractivity contribution in [3.05, 3.63) is 89.1 Å². The van der Waals surface area contributed by atoms with Crippen LogP contribution in [0.5, 0.6) is 5.75 Å². The number of benzene rings is 2. The Labute approximate surface area is 203 Å². The molecule has 0 bridgehead atoms. The Bertz CT molecular complexity index is 1360. The van der Waals surface area contributed by atoms with Gasteiger partial charge in [0, 0.05) is 30.0 Å². The van der Waals surface area contributed by atoms with E-state index in [1.165, 1.54) is 0 Å². The van der Waals surface area contributed by atoms with Crippen molar-refractivity contribution < 1.29 is 23.5 Å². The number of rotatable bonds is 7. The van der Waals surface area contributed by atoms with Gasteiger partial charge in [0.25, 0.3) is 5.91 Å². The van der Waals surface area contributed by atoms with Crippen molar-refractivity contribution in [3.8, 4) is 5.75 Å². The predicted molar refractivity (Wildman–Crippen MR) is 132 cm³/mol. The number of fused-ring (bicyclic) bond motifs is 1. The van der Waals surface area contributed by atoms with Crippen molar-refractivity contribution in [2.45, 2.75) is 20.4 Å². The Morgan fingerprint density at radius 2 is 1.69 bits per heavy atom. The fraction of sp³-hybridized carbons (Fsp3) is 0.286.